The average Bonchev–Trinajstić information content (AvgIpc) is 3.06. The minimum Gasteiger partial charge on any atom is -0.454 e. The molecule has 1 aliphatic rings. The molecule has 1 amide bonds. The summed E-state index contributed by atoms with van der Waals surface area (Å²) in [5.74, 6) is 1.49. The Hall–Kier alpha value is -2.01. The van der Waals surface area contributed by atoms with E-state index in [2.05, 4.69) is 5.32 Å². The maximum atomic E-state index is 11.9. The van der Waals surface area contributed by atoms with Crippen molar-refractivity contribution in [3.05, 3.63) is 35.2 Å². The van der Waals surface area contributed by atoms with Gasteiger partial charge in [-0.25, -0.2) is 0 Å². The van der Waals surface area contributed by atoms with E-state index in [-0.39, 0.29) is 18.7 Å². The quantitative estimate of drug-likeness (QED) is 0.943. The number of nitrogens with one attached hydrogen (secondary N) is 1. The van der Waals surface area contributed by atoms with Crippen LogP contribution in [0.4, 0.5) is 0 Å². The van der Waals surface area contributed by atoms with Crippen molar-refractivity contribution in [1.29, 1.82) is 0 Å². The highest BCUT2D eigenvalue weighted by Crippen LogP contribution is 2.37. The first-order chi connectivity index (χ1) is 9.63. The van der Waals surface area contributed by atoms with E-state index in [4.69, 9.17) is 9.47 Å². The van der Waals surface area contributed by atoms with E-state index < -0.39 is 0 Å². The van der Waals surface area contributed by atoms with Crippen LogP contribution >= 0.6 is 11.3 Å². The summed E-state index contributed by atoms with van der Waals surface area (Å²) in [6.45, 7) is 4.17. The van der Waals surface area contributed by atoms with Gasteiger partial charge in [-0.15, -0.1) is 11.3 Å². The van der Waals surface area contributed by atoms with Crippen molar-refractivity contribution in [2.75, 3.05) is 6.79 Å². The SMILES string of the molecule is CC(C)NC(=O)c1ccc(-c2ccc3c(c2)OCO3)s1. The normalized spacial score (nSPS) is 12.8. The summed E-state index contributed by atoms with van der Waals surface area (Å²) >= 11 is 1.47. The third-order valence-corrected chi connectivity index (χ3v) is 4.04. The Morgan fingerprint density at radius 1 is 1.20 bits per heavy atom. The number of carbonyl (C=O) groups is 1. The molecular formula is C15H15NO3S. The lowest BCUT2D eigenvalue weighted by molar-refractivity contribution is 0.0947. The molecule has 2 heterocycles. The number of hydrogen-bond acceptors (Lipinski definition) is 4. The van der Waals surface area contributed by atoms with Crippen LogP contribution in [0.2, 0.25) is 0 Å². The topological polar surface area (TPSA) is 47.6 Å². The third kappa shape index (κ3) is 2.49. The van der Waals surface area contributed by atoms with Crippen LogP contribution in [-0.4, -0.2) is 18.7 Å². The molecule has 2 aromatic rings. The fourth-order valence-electron chi connectivity index (χ4n) is 2.00. The number of thiophene rings is 1. The highest BCUT2D eigenvalue weighted by atomic mass is 32.1. The molecular weight excluding hydrogens is 274 g/mol. The van der Waals surface area contributed by atoms with Gasteiger partial charge in [-0.05, 0) is 49.7 Å². The van der Waals surface area contributed by atoms with E-state index in [1.807, 2.05) is 44.2 Å². The van der Waals surface area contributed by atoms with Crippen LogP contribution in [0.25, 0.3) is 10.4 Å². The zero-order valence-electron chi connectivity index (χ0n) is 11.3. The van der Waals surface area contributed by atoms with Crippen molar-refractivity contribution in [2.45, 2.75) is 19.9 Å². The molecule has 104 valence electrons. The summed E-state index contributed by atoms with van der Waals surface area (Å²) in [7, 11) is 0. The van der Waals surface area contributed by atoms with Crippen LogP contribution < -0.4 is 14.8 Å². The zero-order chi connectivity index (χ0) is 14.1. The van der Waals surface area contributed by atoms with E-state index in [1.54, 1.807) is 0 Å². The largest absolute Gasteiger partial charge is 0.454 e. The van der Waals surface area contributed by atoms with Crippen LogP contribution in [-0.2, 0) is 0 Å². The molecule has 0 bridgehead atoms. The summed E-state index contributed by atoms with van der Waals surface area (Å²) in [6.07, 6.45) is 0. The van der Waals surface area contributed by atoms with Crippen molar-refractivity contribution in [1.82, 2.24) is 5.32 Å². The van der Waals surface area contributed by atoms with Crippen LogP contribution in [0.5, 0.6) is 11.5 Å². The van der Waals surface area contributed by atoms with Gasteiger partial charge in [0, 0.05) is 10.9 Å². The molecule has 1 aromatic carbocycles. The monoisotopic (exact) mass is 289 g/mol. The molecule has 1 N–H and O–H groups in total. The zero-order valence-corrected chi connectivity index (χ0v) is 12.1. The first-order valence-electron chi connectivity index (χ1n) is 6.44. The number of rotatable bonds is 3. The fraction of sp³-hybridized carbons (Fsp3) is 0.267. The lowest BCUT2D eigenvalue weighted by atomic mass is 10.1. The standard InChI is InChI=1S/C15H15NO3S/c1-9(2)16-15(17)14-6-5-13(20-14)10-3-4-11-12(7-10)19-8-18-11/h3-7,9H,8H2,1-2H3,(H,16,17). The molecule has 0 aliphatic carbocycles. The number of fused-ring (bicyclic) bond motifs is 1. The Morgan fingerprint density at radius 2 is 2.00 bits per heavy atom. The van der Waals surface area contributed by atoms with Crippen LogP contribution in [0.15, 0.2) is 30.3 Å². The van der Waals surface area contributed by atoms with E-state index in [9.17, 15) is 4.79 Å². The molecule has 0 unspecified atom stereocenters. The van der Waals surface area contributed by atoms with Gasteiger partial charge in [0.15, 0.2) is 11.5 Å². The summed E-state index contributed by atoms with van der Waals surface area (Å²) in [6, 6.07) is 9.76. The van der Waals surface area contributed by atoms with Gasteiger partial charge in [0.05, 0.1) is 4.88 Å². The van der Waals surface area contributed by atoms with Crippen molar-refractivity contribution >= 4 is 17.2 Å². The first kappa shape index (κ1) is 13.0. The second-order valence-electron chi connectivity index (χ2n) is 4.86. The third-order valence-electron chi connectivity index (χ3n) is 2.91. The molecule has 20 heavy (non-hydrogen) atoms. The molecule has 4 nitrogen and oxygen atoms in total. The summed E-state index contributed by atoms with van der Waals surface area (Å²) in [5, 5.41) is 2.89. The van der Waals surface area contributed by atoms with Crippen molar-refractivity contribution in [3.8, 4) is 21.9 Å². The van der Waals surface area contributed by atoms with Gasteiger partial charge >= 0.3 is 0 Å². The number of hydrogen-bond donors (Lipinski definition) is 1. The van der Waals surface area contributed by atoms with Crippen molar-refractivity contribution in [2.24, 2.45) is 0 Å². The molecule has 3 rings (SSSR count). The Kier molecular flexibility index (Phi) is 3.36. The summed E-state index contributed by atoms with van der Waals surface area (Å²) in [4.78, 5) is 13.7. The van der Waals surface area contributed by atoms with E-state index in [1.165, 1.54) is 11.3 Å². The molecule has 0 saturated carbocycles. The lowest BCUT2D eigenvalue weighted by Gasteiger charge is -2.05. The Bertz CT molecular complexity index is 648. The second-order valence-corrected chi connectivity index (χ2v) is 5.94. The first-order valence-corrected chi connectivity index (χ1v) is 7.26. The van der Waals surface area contributed by atoms with E-state index >= 15 is 0 Å². The predicted octanol–water partition coefficient (Wildman–Crippen LogP) is 3.28. The van der Waals surface area contributed by atoms with Crippen molar-refractivity contribution in [3.63, 3.8) is 0 Å². The highest BCUT2D eigenvalue weighted by molar-refractivity contribution is 7.17. The minimum atomic E-state index is -0.0306. The van der Waals surface area contributed by atoms with E-state index in [0.29, 0.717) is 4.88 Å². The van der Waals surface area contributed by atoms with Gasteiger partial charge in [0.25, 0.3) is 5.91 Å². The van der Waals surface area contributed by atoms with Gasteiger partial charge in [-0.1, -0.05) is 0 Å². The average molecular weight is 289 g/mol. The van der Waals surface area contributed by atoms with Gasteiger partial charge < -0.3 is 14.8 Å². The molecule has 0 spiro atoms. The van der Waals surface area contributed by atoms with Crippen molar-refractivity contribution < 1.29 is 14.3 Å². The minimum absolute atomic E-state index is 0.0306. The molecule has 5 heteroatoms. The number of ether oxygens (including phenoxy) is 2. The molecule has 0 fully saturated rings. The van der Waals surface area contributed by atoms with Gasteiger partial charge in [-0.3, -0.25) is 4.79 Å². The smallest absolute Gasteiger partial charge is 0.261 e. The van der Waals surface area contributed by atoms with Crippen LogP contribution in [0, 0.1) is 0 Å². The molecule has 1 aliphatic heterocycles. The van der Waals surface area contributed by atoms with Gasteiger partial charge in [0.1, 0.15) is 0 Å². The molecule has 0 atom stereocenters. The summed E-state index contributed by atoms with van der Waals surface area (Å²) in [5.41, 5.74) is 1.03. The molecule has 1 aromatic heterocycles. The Balaban J connectivity index is 1.85. The summed E-state index contributed by atoms with van der Waals surface area (Å²) < 4.78 is 10.7. The Labute approximate surface area is 121 Å². The molecule has 0 radical (unpaired) electrons. The second kappa shape index (κ2) is 5.17. The van der Waals surface area contributed by atoms with Crippen LogP contribution in [0.3, 0.4) is 0 Å². The fourth-order valence-corrected chi connectivity index (χ4v) is 2.90. The highest BCUT2D eigenvalue weighted by Gasteiger charge is 2.16. The predicted molar refractivity (Wildman–Crippen MR) is 78.5 cm³/mol. The number of benzene rings is 1. The molecule has 0 saturated heterocycles. The number of carbonyl (C=O) groups excluding carboxylic acids is 1. The van der Waals surface area contributed by atoms with E-state index in [0.717, 1.165) is 21.9 Å². The number of amides is 1. The van der Waals surface area contributed by atoms with Crippen LogP contribution in [0.1, 0.15) is 23.5 Å². The van der Waals surface area contributed by atoms with Gasteiger partial charge in [-0.2, -0.15) is 0 Å². The lowest BCUT2D eigenvalue weighted by Crippen LogP contribution is -2.29. The maximum absolute atomic E-state index is 11.9. The maximum Gasteiger partial charge on any atom is 0.261 e. The van der Waals surface area contributed by atoms with Gasteiger partial charge in [0.2, 0.25) is 6.79 Å². The Morgan fingerprint density at radius 3 is 2.80 bits per heavy atom.